The molecule has 1 amide bonds. The van der Waals surface area contributed by atoms with Crippen LogP contribution in [0.5, 0.6) is 0 Å². The fourth-order valence-electron chi connectivity index (χ4n) is 2.75. The minimum Gasteiger partial charge on any atom is -0.339 e. The summed E-state index contributed by atoms with van der Waals surface area (Å²) in [7, 11) is -1.95. The number of hydrogen-bond acceptors (Lipinski definition) is 3. The summed E-state index contributed by atoms with van der Waals surface area (Å²) in [6.45, 7) is 4.03. The van der Waals surface area contributed by atoms with Crippen molar-refractivity contribution < 1.29 is 13.2 Å². The fourth-order valence-corrected chi connectivity index (χ4v) is 4.01. The molecule has 0 aliphatic carbocycles. The summed E-state index contributed by atoms with van der Waals surface area (Å²) in [5.41, 5.74) is 0.455. The van der Waals surface area contributed by atoms with Crippen molar-refractivity contribution in [1.29, 1.82) is 0 Å². The molecule has 0 aromatic heterocycles. The van der Waals surface area contributed by atoms with Crippen LogP contribution in [0.4, 0.5) is 0 Å². The van der Waals surface area contributed by atoms with Crippen LogP contribution in [0.15, 0.2) is 29.2 Å². The molecule has 128 valence electrons. The van der Waals surface area contributed by atoms with Crippen molar-refractivity contribution in [2.75, 3.05) is 26.7 Å². The van der Waals surface area contributed by atoms with E-state index in [4.69, 9.17) is 0 Å². The third-order valence-electron chi connectivity index (χ3n) is 4.26. The Morgan fingerprint density at radius 2 is 1.91 bits per heavy atom. The number of unbranched alkanes of at least 4 members (excludes halogenated alkanes) is 1. The smallest absolute Gasteiger partial charge is 0.253 e. The van der Waals surface area contributed by atoms with Gasteiger partial charge in [-0.3, -0.25) is 4.79 Å². The van der Waals surface area contributed by atoms with Gasteiger partial charge in [-0.25, -0.2) is 12.7 Å². The molecular formula is C17H26N2O3S. The topological polar surface area (TPSA) is 57.7 Å². The first-order valence-electron chi connectivity index (χ1n) is 8.32. The van der Waals surface area contributed by atoms with E-state index in [1.807, 2.05) is 11.8 Å². The van der Waals surface area contributed by atoms with Gasteiger partial charge < -0.3 is 4.90 Å². The first-order chi connectivity index (χ1) is 11.0. The SMILES string of the molecule is CCCCN(C)S(=O)(=O)c1cccc(C(=O)N2CCCCC2)c1. The second-order valence-corrected chi connectivity index (χ2v) is 8.11. The van der Waals surface area contributed by atoms with E-state index < -0.39 is 10.0 Å². The van der Waals surface area contributed by atoms with Crippen molar-refractivity contribution in [2.45, 2.75) is 43.9 Å². The highest BCUT2D eigenvalue weighted by atomic mass is 32.2. The van der Waals surface area contributed by atoms with Crippen LogP contribution >= 0.6 is 0 Å². The van der Waals surface area contributed by atoms with Crippen LogP contribution in [0.2, 0.25) is 0 Å². The van der Waals surface area contributed by atoms with Gasteiger partial charge >= 0.3 is 0 Å². The molecule has 1 aliphatic rings. The molecule has 0 N–H and O–H groups in total. The number of sulfonamides is 1. The predicted octanol–water partition coefficient (Wildman–Crippen LogP) is 2.73. The van der Waals surface area contributed by atoms with Crippen LogP contribution in [0.3, 0.4) is 0 Å². The summed E-state index contributed by atoms with van der Waals surface area (Å²) in [4.78, 5) is 14.5. The average Bonchev–Trinajstić information content (AvgIpc) is 2.59. The van der Waals surface area contributed by atoms with Crippen LogP contribution in [0, 0.1) is 0 Å². The zero-order chi connectivity index (χ0) is 16.9. The van der Waals surface area contributed by atoms with Gasteiger partial charge in [0.05, 0.1) is 4.90 Å². The lowest BCUT2D eigenvalue weighted by Gasteiger charge is -2.27. The Balaban J connectivity index is 2.20. The number of amides is 1. The van der Waals surface area contributed by atoms with Crippen molar-refractivity contribution >= 4 is 15.9 Å². The molecule has 1 aromatic carbocycles. The van der Waals surface area contributed by atoms with E-state index in [0.717, 1.165) is 45.2 Å². The maximum absolute atomic E-state index is 12.6. The second kappa shape index (κ2) is 7.93. The summed E-state index contributed by atoms with van der Waals surface area (Å²) in [5.74, 6) is -0.0713. The molecular weight excluding hydrogens is 312 g/mol. The van der Waals surface area contributed by atoms with Crippen molar-refractivity contribution in [3.8, 4) is 0 Å². The minimum absolute atomic E-state index is 0.0713. The Hall–Kier alpha value is -1.40. The highest BCUT2D eigenvalue weighted by Gasteiger charge is 2.23. The third kappa shape index (κ3) is 4.32. The first-order valence-corrected chi connectivity index (χ1v) is 9.76. The zero-order valence-corrected chi connectivity index (χ0v) is 14.8. The van der Waals surface area contributed by atoms with Crippen LogP contribution in [0.1, 0.15) is 49.4 Å². The highest BCUT2D eigenvalue weighted by molar-refractivity contribution is 7.89. The molecule has 23 heavy (non-hydrogen) atoms. The van der Waals surface area contributed by atoms with E-state index in [-0.39, 0.29) is 10.8 Å². The van der Waals surface area contributed by atoms with E-state index in [2.05, 4.69) is 0 Å². The lowest BCUT2D eigenvalue weighted by atomic mass is 10.1. The van der Waals surface area contributed by atoms with E-state index >= 15 is 0 Å². The largest absolute Gasteiger partial charge is 0.339 e. The van der Waals surface area contributed by atoms with Crippen LogP contribution in [-0.4, -0.2) is 50.2 Å². The number of carbonyl (C=O) groups is 1. The van der Waals surface area contributed by atoms with Gasteiger partial charge in [0, 0.05) is 32.2 Å². The molecule has 0 saturated carbocycles. The van der Waals surface area contributed by atoms with Gasteiger partial charge in [0.2, 0.25) is 10.0 Å². The van der Waals surface area contributed by atoms with Crippen molar-refractivity contribution in [3.05, 3.63) is 29.8 Å². The second-order valence-electron chi connectivity index (χ2n) is 6.06. The van der Waals surface area contributed by atoms with Crippen molar-refractivity contribution in [1.82, 2.24) is 9.21 Å². The Kier molecular flexibility index (Phi) is 6.18. The van der Waals surface area contributed by atoms with Crippen LogP contribution < -0.4 is 0 Å². The first kappa shape index (κ1) is 17.9. The molecule has 2 rings (SSSR count). The zero-order valence-electron chi connectivity index (χ0n) is 14.0. The summed E-state index contributed by atoms with van der Waals surface area (Å²) >= 11 is 0. The number of hydrogen-bond donors (Lipinski definition) is 0. The molecule has 1 fully saturated rings. The normalized spacial score (nSPS) is 15.9. The van der Waals surface area contributed by atoms with Gasteiger partial charge in [0.25, 0.3) is 5.91 Å². The van der Waals surface area contributed by atoms with E-state index in [1.54, 1.807) is 25.2 Å². The van der Waals surface area contributed by atoms with Gasteiger partial charge in [-0.05, 0) is 43.9 Å². The number of nitrogens with zero attached hydrogens (tertiary/aromatic N) is 2. The predicted molar refractivity (Wildman–Crippen MR) is 90.9 cm³/mol. The number of piperidine rings is 1. The van der Waals surface area contributed by atoms with Crippen molar-refractivity contribution in [2.24, 2.45) is 0 Å². The molecule has 0 bridgehead atoms. The molecule has 5 nitrogen and oxygen atoms in total. The molecule has 1 aliphatic heterocycles. The summed E-state index contributed by atoms with van der Waals surface area (Å²) in [5, 5.41) is 0. The number of benzene rings is 1. The molecule has 1 aromatic rings. The molecule has 0 spiro atoms. The van der Waals surface area contributed by atoms with Gasteiger partial charge in [-0.15, -0.1) is 0 Å². The maximum Gasteiger partial charge on any atom is 0.253 e. The number of carbonyl (C=O) groups excluding carboxylic acids is 1. The molecule has 6 heteroatoms. The standard InChI is InChI=1S/C17H26N2O3S/c1-3-4-11-18(2)23(21,22)16-10-8-9-15(14-16)17(20)19-12-6-5-7-13-19/h8-10,14H,3-7,11-13H2,1-2H3. The summed E-state index contributed by atoms with van der Waals surface area (Å²) in [6, 6.07) is 6.42. The number of likely N-dealkylation sites (tertiary alicyclic amines) is 1. The summed E-state index contributed by atoms with van der Waals surface area (Å²) < 4.78 is 26.5. The highest BCUT2D eigenvalue weighted by Crippen LogP contribution is 2.19. The summed E-state index contributed by atoms with van der Waals surface area (Å²) in [6.07, 6.45) is 4.95. The van der Waals surface area contributed by atoms with E-state index in [1.165, 1.54) is 10.4 Å². The Morgan fingerprint density at radius 1 is 1.22 bits per heavy atom. The van der Waals surface area contributed by atoms with E-state index in [0.29, 0.717) is 12.1 Å². The van der Waals surface area contributed by atoms with Crippen LogP contribution in [0.25, 0.3) is 0 Å². The number of rotatable bonds is 6. The fraction of sp³-hybridized carbons (Fsp3) is 0.588. The van der Waals surface area contributed by atoms with E-state index in [9.17, 15) is 13.2 Å². The van der Waals surface area contributed by atoms with Gasteiger partial charge in [-0.1, -0.05) is 19.4 Å². The van der Waals surface area contributed by atoms with Gasteiger partial charge in [-0.2, -0.15) is 0 Å². The Morgan fingerprint density at radius 3 is 2.57 bits per heavy atom. The average molecular weight is 338 g/mol. The molecule has 0 unspecified atom stereocenters. The monoisotopic (exact) mass is 338 g/mol. The van der Waals surface area contributed by atoms with Crippen LogP contribution in [-0.2, 0) is 10.0 Å². The Bertz CT molecular complexity index is 637. The van der Waals surface area contributed by atoms with Crippen molar-refractivity contribution in [3.63, 3.8) is 0 Å². The molecule has 1 heterocycles. The van der Waals surface area contributed by atoms with Gasteiger partial charge in [0.1, 0.15) is 0 Å². The lowest BCUT2D eigenvalue weighted by molar-refractivity contribution is 0.0724. The quantitative estimate of drug-likeness (QED) is 0.801. The Labute approximate surface area is 139 Å². The maximum atomic E-state index is 12.6. The molecule has 0 atom stereocenters. The van der Waals surface area contributed by atoms with Gasteiger partial charge in [0.15, 0.2) is 0 Å². The molecule has 0 radical (unpaired) electrons. The lowest BCUT2D eigenvalue weighted by Crippen LogP contribution is -2.35. The minimum atomic E-state index is -3.54. The molecule has 1 saturated heterocycles. The third-order valence-corrected chi connectivity index (χ3v) is 6.11.